The van der Waals surface area contributed by atoms with E-state index in [9.17, 15) is 9.59 Å². The van der Waals surface area contributed by atoms with Crippen molar-refractivity contribution in [2.45, 2.75) is 27.7 Å². The summed E-state index contributed by atoms with van der Waals surface area (Å²) in [5.74, 6) is -0.155. The highest BCUT2D eigenvalue weighted by Gasteiger charge is 2.34. The summed E-state index contributed by atoms with van der Waals surface area (Å²) in [6, 6.07) is 0. The van der Waals surface area contributed by atoms with Crippen LogP contribution in [0.3, 0.4) is 0 Å². The van der Waals surface area contributed by atoms with Crippen molar-refractivity contribution < 1.29 is 9.59 Å². The molecule has 0 bridgehead atoms. The fraction of sp³-hybridized carbons (Fsp3) is 0.600. The molecule has 1 aliphatic heterocycles. The van der Waals surface area contributed by atoms with Gasteiger partial charge < -0.3 is 0 Å². The Balaban J connectivity index is 2.92. The van der Waals surface area contributed by atoms with Crippen LogP contribution in [0.15, 0.2) is 11.0 Å². The lowest BCUT2D eigenvalue weighted by atomic mass is 9.96. The minimum Gasteiger partial charge on any atom is -0.269 e. The maximum atomic E-state index is 11.6. The van der Waals surface area contributed by atoms with E-state index in [0.717, 1.165) is 11.8 Å². The molecule has 0 aliphatic carbocycles. The average Bonchev–Trinajstić information content (AvgIpc) is 2.24. The van der Waals surface area contributed by atoms with E-state index in [1.807, 2.05) is 26.8 Å². The number of imide groups is 1. The van der Waals surface area contributed by atoms with Crippen molar-refractivity contribution in [3.63, 3.8) is 0 Å². The van der Waals surface area contributed by atoms with Gasteiger partial charge in [-0.3, -0.25) is 14.5 Å². The van der Waals surface area contributed by atoms with Crippen LogP contribution in [0.5, 0.6) is 0 Å². The zero-order valence-corrected chi connectivity index (χ0v) is 9.77. The summed E-state index contributed by atoms with van der Waals surface area (Å²) in [7, 11) is 0. The SMILES string of the molecule is CCN1C(=O)S/C(=C\C(C)(C)C)C1=O. The maximum absolute atomic E-state index is 11.6. The van der Waals surface area contributed by atoms with Gasteiger partial charge in [-0.15, -0.1) is 0 Å². The molecular formula is C10H15NO2S. The second-order valence-electron chi connectivity index (χ2n) is 4.29. The van der Waals surface area contributed by atoms with Crippen molar-refractivity contribution in [3.05, 3.63) is 11.0 Å². The minimum absolute atomic E-state index is 0.0674. The molecule has 0 atom stereocenters. The molecule has 1 rings (SSSR count). The van der Waals surface area contributed by atoms with Gasteiger partial charge in [-0.1, -0.05) is 26.8 Å². The van der Waals surface area contributed by atoms with E-state index in [-0.39, 0.29) is 16.6 Å². The van der Waals surface area contributed by atoms with Gasteiger partial charge in [0.15, 0.2) is 0 Å². The van der Waals surface area contributed by atoms with Crippen LogP contribution in [-0.2, 0) is 4.79 Å². The number of carbonyl (C=O) groups is 2. The molecule has 2 amide bonds. The second kappa shape index (κ2) is 3.77. The first kappa shape index (κ1) is 11.3. The smallest absolute Gasteiger partial charge is 0.269 e. The van der Waals surface area contributed by atoms with Gasteiger partial charge in [0.25, 0.3) is 11.1 Å². The third-order valence-electron chi connectivity index (χ3n) is 1.75. The van der Waals surface area contributed by atoms with Crippen LogP contribution in [0.2, 0.25) is 0 Å². The Morgan fingerprint density at radius 3 is 2.29 bits per heavy atom. The molecule has 0 N–H and O–H groups in total. The number of likely N-dealkylation sites (N-methyl/N-ethyl adjacent to an activating group) is 1. The first-order chi connectivity index (χ1) is 6.35. The molecule has 1 aliphatic rings. The molecule has 3 nitrogen and oxygen atoms in total. The first-order valence-electron chi connectivity index (χ1n) is 4.61. The number of rotatable bonds is 1. The van der Waals surface area contributed by atoms with E-state index in [1.54, 1.807) is 6.92 Å². The summed E-state index contributed by atoms with van der Waals surface area (Å²) in [5, 5.41) is -0.159. The van der Waals surface area contributed by atoms with E-state index < -0.39 is 0 Å². The normalized spacial score (nSPS) is 21.1. The van der Waals surface area contributed by atoms with E-state index in [0.29, 0.717) is 11.4 Å². The number of amides is 2. The van der Waals surface area contributed by atoms with Gasteiger partial charge in [-0.25, -0.2) is 0 Å². The average molecular weight is 213 g/mol. The highest BCUT2D eigenvalue weighted by molar-refractivity contribution is 8.18. The van der Waals surface area contributed by atoms with Gasteiger partial charge in [0.2, 0.25) is 0 Å². The lowest BCUT2D eigenvalue weighted by Crippen LogP contribution is -2.27. The fourth-order valence-corrected chi connectivity index (χ4v) is 2.29. The number of nitrogens with zero attached hydrogens (tertiary/aromatic N) is 1. The summed E-state index contributed by atoms with van der Waals surface area (Å²) < 4.78 is 0. The van der Waals surface area contributed by atoms with E-state index in [1.165, 1.54) is 4.90 Å². The largest absolute Gasteiger partial charge is 0.293 e. The van der Waals surface area contributed by atoms with Gasteiger partial charge in [-0.2, -0.15) is 0 Å². The Hall–Kier alpha value is -0.770. The Kier molecular flexibility index (Phi) is 3.04. The van der Waals surface area contributed by atoms with Crippen LogP contribution < -0.4 is 0 Å². The molecule has 0 saturated carbocycles. The van der Waals surface area contributed by atoms with Crippen LogP contribution in [0.4, 0.5) is 4.79 Å². The number of thioether (sulfide) groups is 1. The predicted octanol–water partition coefficient (Wildman–Crippen LogP) is 2.63. The third kappa shape index (κ3) is 2.38. The Morgan fingerprint density at radius 2 is 1.93 bits per heavy atom. The summed E-state index contributed by atoms with van der Waals surface area (Å²) in [4.78, 5) is 24.8. The second-order valence-corrected chi connectivity index (χ2v) is 5.29. The van der Waals surface area contributed by atoms with Crippen LogP contribution >= 0.6 is 11.8 Å². The standard InChI is InChI=1S/C10H15NO2S/c1-5-11-8(12)7(14-9(11)13)6-10(2,3)4/h6H,5H2,1-4H3/b7-6-. The molecule has 1 fully saturated rings. The first-order valence-corrected chi connectivity index (χ1v) is 5.43. The summed E-state index contributed by atoms with van der Waals surface area (Å²) in [5.41, 5.74) is -0.0674. The van der Waals surface area contributed by atoms with Gasteiger partial charge in [-0.05, 0) is 24.1 Å². The lowest BCUT2D eigenvalue weighted by Gasteiger charge is -2.12. The van der Waals surface area contributed by atoms with Crippen molar-refractivity contribution in [2.24, 2.45) is 5.41 Å². The van der Waals surface area contributed by atoms with Crippen molar-refractivity contribution in [1.29, 1.82) is 0 Å². The summed E-state index contributed by atoms with van der Waals surface area (Å²) in [6.07, 6.45) is 1.85. The summed E-state index contributed by atoms with van der Waals surface area (Å²) in [6.45, 7) is 8.27. The Labute approximate surface area is 88.5 Å². The fourth-order valence-electron chi connectivity index (χ4n) is 1.17. The molecule has 14 heavy (non-hydrogen) atoms. The number of carbonyl (C=O) groups excluding carboxylic acids is 2. The minimum atomic E-state index is -0.159. The maximum Gasteiger partial charge on any atom is 0.293 e. The van der Waals surface area contributed by atoms with Gasteiger partial charge in [0, 0.05) is 6.54 Å². The number of hydrogen-bond acceptors (Lipinski definition) is 3. The zero-order chi connectivity index (χ0) is 10.9. The van der Waals surface area contributed by atoms with Gasteiger partial charge in [0.1, 0.15) is 0 Å². The monoisotopic (exact) mass is 213 g/mol. The Bertz CT molecular complexity index is 302. The van der Waals surface area contributed by atoms with E-state index >= 15 is 0 Å². The van der Waals surface area contributed by atoms with Crippen LogP contribution in [0, 0.1) is 5.41 Å². The molecule has 0 unspecified atom stereocenters. The number of hydrogen-bond donors (Lipinski definition) is 0. The highest BCUT2D eigenvalue weighted by Crippen LogP contribution is 2.33. The molecule has 0 spiro atoms. The van der Waals surface area contributed by atoms with Crippen molar-refractivity contribution in [2.75, 3.05) is 6.54 Å². The Morgan fingerprint density at radius 1 is 1.36 bits per heavy atom. The van der Waals surface area contributed by atoms with Crippen LogP contribution in [-0.4, -0.2) is 22.6 Å². The molecule has 1 saturated heterocycles. The van der Waals surface area contributed by atoms with Crippen molar-refractivity contribution in [1.82, 2.24) is 4.90 Å². The summed E-state index contributed by atoms with van der Waals surface area (Å²) >= 11 is 1.03. The molecular weight excluding hydrogens is 198 g/mol. The molecule has 78 valence electrons. The predicted molar refractivity (Wildman–Crippen MR) is 57.9 cm³/mol. The van der Waals surface area contributed by atoms with Gasteiger partial charge >= 0.3 is 0 Å². The molecule has 0 radical (unpaired) electrons. The molecule has 0 aromatic heterocycles. The van der Waals surface area contributed by atoms with Crippen molar-refractivity contribution >= 4 is 22.9 Å². The topological polar surface area (TPSA) is 37.4 Å². The van der Waals surface area contributed by atoms with Crippen LogP contribution in [0.25, 0.3) is 0 Å². The van der Waals surface area contributed by atoms with E-state index in [4.69, 9.17) is 0 Å². The third-order valence-corrected chi connectivity index (χ3v) is 2.66. The number of allylic oxidation sites excluding steroid dienone is 1. The van der Waals surface area contributed by atoms with Crippen molar-refractivity contribution in [3.8, 4) is 0 Å². The van der Waals surface area contributed by atoms with Crippen LogP contribution in [0.1, 0.15) is 27.7 Å². The molecule has 1 heterocycles. The molecule has 0 aromatic rings. The van der Waals surface area contributed by atoms with Gasteiger partial charge in [0.05, 0.1) is 4.91 Å². The zero-order valence-electron chi connectivity index (χ0n) is 8.96. The lowest BCUT2D eigenvalue weighted by molar-refractivity contribution is -0.122. The quantitative estimate of drug-likeness (QED) is 0.628. The molecule has 0 aromatic carbocycles. The van der Waals surface area contributed by atoms with E-state index in [2.05, 4.69) is 0 Å². The molecule has 4 heteroatoms. The highest BCUT2D eigenvalue weighted by atomic mass is 32.2.